The van der Waals surface area contributed by atoms with Gasteiger partial charge in [-0.3, -0.25) is 9.10 Å². The molecule has 1 amide bonds. The van der Waals surface area contributed by atoms with Gasteiger partial charge in [-0.05, 0) is 61.9 Å². The molecule has 34 heavy (non-hydrogen) atoms. The molecule has 1 N–H and O–H groups in total. The Bertz CT molecular complexity index is 1090. The summed E-state index contributed by atoms with van der Waals surface area (Å²) in [7, 11) is -3.72. The molecule has 1 saturated heterocycles. The quantitative estimate of drug-likeness (QED) is 0.553. The summed E-state index contributed by atoms with van der Waals surface area (Å²) in [5.41, 5.74) is 2.20. The molecule has 1 heterocycles. The lowest BCUT2D eigenvalue weighted by molar-refractivity contribution is -0.121. The molecular weight excluding hydrogens is 460 g/mol. The number of anilines is 2. The predicted octanol–water partition coefficient (Wildman–Crippen LogP) is 4.62. The van der Waals surface area contributed by atoms with Crippen LogP contribution in [0.25, 0.3) is 0 Å². The third kappa shape index (κ3) is 6.91. The third-order valence-electron chi connectivity index (χ3n) is 6.15. The van der Waals surface area contributed by atoms with Crippen molar-refractivity contribution in [3.05, 3.63) is 59.7 Å². The fraction of sp³-hybridized carbons (Fsp3) is 0.480. The summed E-state index contributed by atoms with van der Waals surface area (Å²) in [4.78, 5) is 14.8. The number of carbonyl (C=O) groups excluding carboxylic acids is 1. The minimum absolute atomic E-state index is 0.0192. The van der Waals surface area contributed by atoms with Gasteiger partial charge in [0, 0.05) is 37.8 Å². The molecule has 0 saturated carbocycles. The minimum Gasteiger partial charge on any atom is -0.371 e. The molecular formula is C25H33F2N3O3S. The monoisotopic (exact) mass is 493 g/mol. The van der Waals surface area contributed by atoms with Crippen molar-refractivity contribution in [2.75, 3.05) is 35.1 Å². The van der Waals surface area contributed by atoms with E-state index in [0.717, 1.165) is 41.3 Å². The zero-order chi connectivity index (χ0) is 24.9. The van der Waals surface area contributed by atoms with Crippen LogP contribution in [0.2, 0.25) is 0 Å². The molecule has 186 valence electrons. The van der Waals surface area contributed by atoms with E-state index >= 15 is 0 Å². The van der Waals surface area contributed by atoms with E-state index in [1.807, 2.05) is 19.1 Å². The van der Waals surface area contributed by atoms with Crippen LogP contribution in [0.5, 0.6) is 0 Å². The normalized spacial score (nSPS) is 17.3. The molecule has 0 aliphatic carbocycles. The summed E-state index contributed by atoms with van der Waals surface area (Å²) >= 11 is 0. The number of piperidine rings is 1. The highest BCUT2D eigenvalue weighted by Gasteiger charge is 2.20. The lowest BCUT2D eigenvalue weighted by atomic mass is 9.99. The molecule has 0 unspecified atom stereocenters. The molecule has 0 aromatic heterocycles. The molecule has 0 bridgehead atoms. The average molecular weight is 494 g/mol. The van der Waals surface area contributed by atoms with Crippen molar-refractivity contribution < 1.29 is 22.0 Å². The van der Waals surface area contributed by atoms with Gasteiger partial charge in [0.05, 0.1) is 18.0 Å². The van der Waals surface area contributed by atoms with Crippen LogP contribution in [-0.2, 0) is 14.8 Å². The van der Waals surface area contributed by atoms with Gasteiger partial charge in [-0.1, -0.05) is 19.1 Å². The van der Waals surface area contributed by atoms with E-state index in [0.29, 0.717) is 5.92 Å². The van der Waals surface area contributed by atoms with Gasteiger partial charge < -0.3 is 10.2 Å². The highest BCUT2D eigenvalue weighted by molar-refractivity contribution is 7.92. The van der Waals surface area contributed by atoms with Crippen molar-refractivity contribution in [3.8, 4) is 0 Å². The Labute approximate surface area is 201 Å². The molecule has 1 aliphatic heterocycles. The first-order valence-electron chi connectivity index (χ1n) is 11.6. The Morgan fingerprint density at radius 2 is 1.88 bits per heavy atom. The van der Waals surface area contributed by atoms with Crippen LogP contribution in [-0.4, -0.2) is 40.2 Å². The minimum atomic E-state index is -3.72. The van der Waals surface area contributed by atoms with Crippen LogP contribution in [0.15, 0.2) is 42.5 Å². The Hall–Kier alpha value is -2.68. The summed E-state index contributed by atoms with van der Waals surface area (Å²) in [5, 5.41) is 2.94. The number of carbonyl (C=O) groups is 1. The molecule has 3 rings (SSSR count). The molecule has 0 spiro atoms. The second kappa shape index (κ2) is 11.2. The van der Waals surface area contributed by atoms with E-state index in [9.17, 15) is 22.0 Å². The van der Waals surface area contributed by atoms with E-state index in [2.05, 4.69) is 29.3 Å². The number of rotatable bonds is 9. The molecule has 1 fully saturated rings. The molecule has 1 aliphatic rings. The lowest BCUT2D eigenvalue weighted by Gasteiger charge is -2.33. The van der Waals surface area contributed by atoms with E-state index in [1.54, 1.807) is 0 Å². The van der Waals surface area contributed by atoms with E-state index in [-0.39, 0.29) is 37.0 Å². The molecule has 2 aromatic carbocycles. The molecule has 2 aromatic rings. The van der Waals surface area contributed by atoms with E-state index in [4.69, 9.17) is 0 Å². The zero-order valence-corrected chi connectivity index (χ0v) is 20.7. The molecule has 9 heteroatoms. The first-order chi connectivity index (χ1) is 16.0. The maximum Gasteiger partial charge on any atom is 0.232 e. The first-order valence-corrected chi connectivity index (χ1v) is 13.5. The van der Waals surface area contributed by atoms with Crippen molar-refractivity contribution in [1.82, 2.24) is 5.32 Å². The summed E-state index contributed by atoms with van der Waals surface area (Å²) < 4.78 is 52.0. The van der Waals surface area contributed by atoms with E-state index in [1.165, 1.54) is 24.6 Å². The van der Waals surface area contributed by atoms with Gasteiger partial charge in [0.15, 0.2) is 11.6 Å². The van der Waals surface area contributed by atoms with Gasteiger partial charge in [-0.25, -0.2) is 17.2 Å². The maximum atomic E-state index is 13.6. The SMILES string of the molecule is C[C@H]1CCCN(c2ccc([C@@H](C)NC(=O)CCCN(c3ccc(F)c(F)c3)S(C)(=O)=O)cc2)C1. The molecule has 0 radical (unpaired) electrons. The number of amides is 1. The van der Waals surface area contributed by atoms with Crippen LogP contribution >= 0.6 is 0 Å². The lowest BCUT2D eigenvalue weighted by Crippen LogP contribution is -2.34. The van der Waals surface area contributed by atoms with Gasteiger partial charge in [0.25, 0.3) is 0 Å². The van der Waals surface area contributed by atoms with Crippen LogP contribution in [0.3, 0.4) is 0 Å². The smallest absolute Gasteiger partial charge is 0.232 e. The zero-order valence-electron chi connectivity index (χ0n) is 19.9. The predicted molar refractivity (Wildman–Crippen MR) is 131 cm³/mol. The number of benzene rings is 2. The number of halogens is 2. The van der Waals surface area contributed by atoms with Gasteiger partial charge in [0.2, 0.25) is 15.9 Å². The van der Waals surface area contributed by atoms with Crippen molar-refractivity contribution in [3.63, 3.8) is 0 Å². The van der Waals surface area contributed by atoms with Gasteiger partial charge >= 0.3 is 0 Å². The second-order valence-corrected chi connectivity index (χ2v) is 11.0. The van der Waals surface area contributed by atoms with Crippen LogP contribution in [0.1, 0.15) is 51.1 Å². The number of hydrogen-bond acceptors (Lipinski definition) is 4. The largest absolute Gasteiger partial charge is 0.371 e. The van der Waals surface area contributed by atoms with Crippen LogP contribution in [0, 0.1) is 17.6 Å². The fourth-order valence-corrected chi connectivity index (χ4v) is 5.26. The summed E-state index contributed by atoms with van der Waals surface area (Å²) in [5.74, 6) is -1.70. The number of nitrogens with zero attached hydrogens (tertiary/aromatic N) is 2. The summed E-state index contributed by atoms with van der Waals surface area (Å²) in [6, 6.07) is 10.9. The van der Waals surface area contributed by atoms with Crippen molar-refractivity contribution >= 4 is 27.3 Å². The second-order valence-electron chi connectivity index (χ2n) is 9.11. The van der Waals surface area contributed by atoms with Crippen molar-refractivity contribution in [2.45, 2.75) is 45.6 Å². The Morgan fingerprint density at radius 3 is 2.50 bits per heavy atom. The average Bonchev–Trinajstić information content (AvgIpc) is 2.78. The highest BCUT2D eigenvalue weighted by atomic mass is 32.2. The van der Waals surface area contributed by atoms with E-state index < -0.39 is 21.7 Å². The first kappa shape index (κ1) is 25.9. The Morgan fingerprint density at radius 1 is 1.18 bits per heavy atom. The third-order valence-corrected chi connectivity index (χ3v) is 7.34. The highest BCUT2D eigenvalue weighted by Crippen LogP contribution is 2.25. The fourth-order valence-electron chi connectivity index (χ4n) is 4.30. The maximum absolute atomic E-state index is 13.6. The summed E-state index contributed by atoms with van der Waals surface area (Å²) in [6.45, 7) is 6.27. The molecule has 6 nitrogen and oxygen atoms in total. The number of hydrogen-bond donors (Lipinski definition) is 1. The standard InChI is InChI=1S/C25H33F2N3O3S/c1-18-6-4-14-29(17-18)21-10-8-20(9-11-21)19(2)28-25(31)7-5-15-30(34(3,32)33)22-12-13-23(26)24(27)16-22/h8-13,16,18-19H,4-7,14-15,17H2,1-3H3,(H,28,31)/t18-,19+/m0/s1. The Kier molecular flexibility index (Phi) is 8.52. The summed E-state index contributed by atoms with van der Waals surface area (Å²) in [6.07, 6.45) is 3.79. The van der Waals surface area contributed by atoms with Gasteiger partial charge in [-0.15, -0.1) is 0 Å². The Balaban J connectivity index is 1.52. The van der Waals surface area contributed by atoms with Crippen molar-refractivity contribution in [1.29, 1.82) is 0 Å². The van der Waals surface area contributed by atoms with Crippen molar-refractivity contribution in [2.24, 2.45) is 5.92 Å². The number of sulfonamides is 1. The van der Waals surface area contributed by atoms with Crippen LogP contribution in [0.4, 0.5) is 20.2 Å². The topological polar surface area (TPSA) is 69.7 Å². The number of nitrogens with one attached hydrogen (secondary N) is 1. The van der Waals surface area contributed by atoms with Gasteiger partial charge in [0.1, 0.15) is 0 Å². The van der Waals surface area contributed by atoms with Crippen LogP contribution < -0.4 is 14.5 Å². The molecule has 2 atom stereocenters. The van der Waals surface area contributed by atoms with Gasteiger partial charge in [-0.2, -0.15) is 0 Å².